The normalized spacial score (nSPS) is 22.1. The molecule has 0 spiro atoms. The quantitative estimate of drug-likeness (QED) is 0.431. The largest absolute Gasteiger partial charge is 0.370 e. The lowest BCUT2D eigenvalue weighted by Crippen LogP contribution is -2.37. The number of rotatable bonds is 5. The van der Waals surface area contributed by atoms with Gasteiger partial charge in [-0.3, -0.25) is 4.90 Å². The van der Waals surface area contributed by atoms with Gasteiger partial charge in [0.05, 0.1) is 6.54 Å². The minimum atomic E-state index is 0. The van der Waals surface area contributed by atoms with E-state index in [1.807, 2.05) is 0 Å². The van der Waals surface area contributed by atoms with Crippen LogP contribution >= 0.6 is 24.0 Å². The van der Waals surface area contributed by atoms with Gasteiger partial charge >= 0.3 is 0 Å². The second-order valence-corrected chi connectivity index (χ2v) is 7.10. The molecule has 1 aromatic rings. The van der Waals surface area contributed by atoms with Crippen LogP contribution in [0.25, 0.3) is 0 Å². The van der Waals surface area contributed by atoms with Gasteiger partial charge in [0.25, 0.3) is 0 Å². The lowest BCUT2D eigenvalue weighted by molar-refractivity contribution is 0.152. The smallest absolute Gasteiger partial charge is 0.191 e. The van der Waals surface area contributed by atoms with Gasteiger partial charge in [-0.2, -0.15) is 0 Å². The maximum Gasteiger partial charge on any atom is 0.191 e. The van der Waals surface area contributed by atoms with E-state index in [1.165, 1.54) is 49.8 Å². The van der Waals surface area contributed by atoms with Crippen molar-refractivity contribution < 1.29 is 0 Å². The molecule has 1 saturated heterocycles. The Balaban J connectivity index is 0.00000208. The first-order valence-electron chi connectivity index (χ1n) is 8.98. The Labute approximate surface area is 163 Å². The van der Waals surface area contributed by atoms with Crippen LogP contribution in [-0.4, -0.2) is 41.4 Å². The van der Waals surface area contributed by atoms with Crippen molar-refractivity contribution in [2.45, 2.75) is 64.2 Å². The number of aliphatic imine (C=N–C) groups is 1. The minimum Gasteiger partial charge on any atom is -0.370 e. The second-order valence-electron chi connectivity index (χ2n) is 7.10. The summed E-state index contributed by atoms with van der Waals surface area (Å²) in [5.74, 6) is 0.675. The molecule has 0 amide bonds. The molecule has 3 rings (SSSR count). The zero-order valence-electron chi connectivity index (χ0n) is 14.9. The van der Waals surface area contributed by atoms with Crippen LogP contribution in [0, 0.1) is 0 Å². The van der Waals surface area contributed by atoms with Crippen LogP contribution in [0.2, 0.25) is 0 Å². The fourth-order valence-electron chi connectivity index (χ4n) is 3.40. The summed E-state index contributed by atoms with van der Waals surface area (Å²) in [7, 11) is 2.05. The summed E-state index contributed by atoms with van der Waals surface area (Å²) in [5, 5.41) is 0. The monoisotopic (exact) mass is 442 g/mol. The maximum atomic E-state index is 6.13. The number of guanidine groups is 1. The van der Waals surface area contributed by atoms with Crippen molar-refractivity contribution >= 4 is 29.9 Å². The van der Waals surface area contributed by atoms with Crippen LogP contribution in [0.5, 0.6) is 0 Å². The third-order valence-electron chi connectivity index (χ3n) is 5.30. The van der Waals surface area contributed by atoms with Crippen molar-refractivity contribution in [2.75, 3.05) is 13.6 Å². The van der Waals surface area contributed by atoms with Crippen molar-refractivity contribution in [3.8, 4) is 0 Å². The Morgan fingerprint density at radius 3 is 2.58 bits per heavy atom. The van der Waals surface area contributed by atoms with Crippen molar-refractivity contribution in [1.29, 1.82) is 0 Å². The molecular weight excluding hydrogens is 411 g/mol. The first-order chi connectivity index (χ1) is 11.1. The Kier molecular flexibility index (Phi) is 7.34. The summed E-state index contributed by atoms with van der Waals surface area (Å²) in [5.41, 5.74) is 8.83. The highest BCUT2D eigenvalue weighted by atomic mass is 127. The van der Waals surface area contributed by atoms with E-state index in [4.69, 9.17) is 5.73 Å². The average molecular weight is 442 g/mol. The third-order valence-corrected chi connectivity index (χ3v) is 5.30. The molecule has 1 heterocycles. The molecule has 1 unspecified atom stereocenters. The van der Waals surface area contributed by atoms with Crippen molar-refractivity contribution in [1.82, 2.24) is 9.80 Å². The van der Waals surface area contributed by atoms with Crippen molar-refractivity contribution in [3.05, 3.63) is 35.4 Å². The fourth-order valence-corrected chi connectivity index (χ4v) is 3.40. The van der Waals surface area contributed by atoms with Gasteiger partial charge in [0.1, 0.15) is 0 Å². The fraction of sp³-hybridized carbons (Fsp3) is 0.632. The number of halogens is 1. The summed E-state index contributed by atoms with van der Waals surface area (Å²) in [6, 6.07) is 9.98. The molecule has 0 aromatic heterocycles. The topological polar surface area (TPSA) is 44.9 Å². The van der Waals surface area contributed by atoms with Gasteiger partial charge in [0.2, 0.25) is 0 Å². The van der Waals surface area contributed by atoms with Crippen LogP contribution in [0.3, 0.4) is 0 Å². The van der Waals surface area contributed by atoms with Gasteiger partial charge in [0, 0.05) is 25.7 Å². The zero-order chi connectivity index (χ0) is 16.2. The van der Waals surface area contributed by atoms with Gasteiger partial charge in [0.15, 0.2) is 5.96 Å². The Morgan fingerprint density at radius 1 is 1.21 bits per heavy atom. The van der Waals surface area contributed by atoms with E-state index in [-0.39, 0.29) is 24.0 Å². The van der Waals surface area contributed by atoms with Gasteiger partial charge < -0.3 is 10.6 Å². The molecule has 2 aliphatic rings. The van der Waals surface area contributed by atoms with Crippen LogP contribution in [0.4, 0.5) is 0 Å². The predicted octanol–water partition coefficient (Wildman–Crippen LogP) is 3.59. The molecule has 5 heteroatoms. The Hall–Kier alpha value is -0.820. The molecular formula is C19H31IN4. The van der Waals surface area contributed by atoms with E-state index < -0.39 is 0 Å². The molecule has 0 radical (unpaired) electrons. The van der Waals surface area contributed by atoms with E-state index in [1.54, 1.807) is 0 Å². The molecule has 4 nitrogen and oxygen atoms in total. The van der Waals surface area contributed by atoms with E-state index in [0.29, 0.717) is 24.6 Å². The summed E-state index contributed by atoms with van der Waals surface area (Å²) in [4.78, 5) is 9.35. The molecule has 1 saturated carbocycles. The average Bonchev–Trinajstić information content (AvgIpc) is 3.40. The molecule has 2 fully saturated rings. The summed E-state index contributed by atoms with van der Waals surface area (Å²) in [6.07, 6.45) is 6.50. The standard InChI is InChI=1S/C19H30N4.HI/c1-15-7-5-6-12-23(15)14-17-9-4-3-8-16(17)13-21-19(20)22(2)18-10-11-18;/h3-4,8-9,15,18H,5-7,10-14H2,1-2H3,(H2,20,21);1H. The first kappa shape index (κ1) is 19.5. The van der Waals surface area contributed by atoms with E-state index >= 15 is 0 Å². The molecule has 134 valence electrons. The third kappa shape index (κ3) is 5.09. The van der Waals surface area contributed by atoms with Crippen LogP contribution in [0.1, 0.15) is 50.2 Å². The van der Waals surface area contributed by atoms with Crippen molar-refractivity contribution in [3.63, 3.8) is 0 Å². The highest BCUT2D eigenvalue weighted by Gasteiger charge is 2.27. The molecule has 24 heavy (non-hydrogen) atoms. The van der Waals surface area contributed by atoms with Crippen molar-refractivity contribution in [2.24, 2.45) is 10.7 Å². The van der Waals surface area contributed by atoms with E-state index in [0.717, 1.165) is 6.54 Å². The highest BCUT2D eigenvalue weighted by molar-refractivity contribution is 14.0. The SMILES string of the molecule is CC1CCCCN1Cc1ccccc1CN=C(N)N(C)C1CC1.I. The van der Waals surface area contributed by atoms with E-state index in [9.17, 15) is 0 Å². The molecule has 2 N–H and O–H groups in total. The highest BCUT2D eigenvalue weighted by Crippen LogP contribution is 2.25. The first-order valence-corrected chi connectivity index (χ1v) is 8.98. The number of hydrogen-bond donors (Lipinski definition) is 1. The number of nitrogens with two attached hydrogens (primary N) is 1. The molecule has 1 aromatic carbocycles. The van der Waals surface area contributed by atoms with Gasteiger partial charge in [-0.25, -0.2) is 4.99 Å². The van der Waals surface area contributed by atoms with Crippen LogP contribution in [0.15, 0.2) is 29.3 Å². The summed E-state index contributed by atoms with van der Waals surface area (Å²) in [6.45, 7) is 5.28. The molecule has 0 bridgehead atoms. The molecule has 1 aliphatic carbocycles. The summed E-state index contributed by atoms with van der Waals surface area (Å²) >= 11 is 0. The number of nitrogens with zero attached hydrogens (tertiary/aromatic N) is 3. The zero-order valence-corrected chi connectivity index (χ0v) is 17.3. The number of benzene rings is 1. The van der Waals surface area contributed by atoms with Gasteiger partial charge in [-0.1, -0.05) is 30.7 Å². The Morgan fingerprint density at radius 2 is 1.92 bits per heavy atom. The molecule has 1 atom stereocenters. The lowest BCUT2D eigenvalue weighted by atomic mass is 10.0. The van der Waals surface area contributed by atoms with E-state index in [2.05, 4.69) is 53.0 Å². The molecule has 1 aliphatic heterocycles. The maximum absolute atomic E-state index is 6.13. The van der Waals surface area contributed by atoms with Gasteiger partial charge in [-0.15, -0.1) is 24.0 Å². The number of likely N-dealkylation sites (tertiary alicyclic amines) is 1. The van der Waals surface area contributed by atoms with Crippen LogP contribution < -0.4 is 5.73 Å². The van der Waals surface area contributed by atoms with Gasteiger partial charge in [-0.05, 0) is 50.3 Å². The number of piperidine rings is 1. The second kappa shape index (κ2) is 9.04. The summed E-state index contributed by atoms with van der Waals surface area (Å²) < 4.78 is 0. The Bertz CT molecular complexity index is 556. The lowest BCUT2D eigenvalue weighted by Gasteiger charge is -2.33. The minimum absolute atomic E-state index is 0. The predicted molar refractivity (Wildman–Crippen MR) is 112 cm³/mol. The van der Waals surface area contributed by atoms with Crippen LogP contribution in [-0.2, 0) is 13.1 Å². The number of hydrogen-bond acceptors (Lipinski definition) is 2.